The second-order valence-corrected chi connectivity index (χ2v) is 9.43. The number of fused-ring (bicyclic) bond motifs is 1. The lowest BCUT2D eigenvalue weighted by atomic mass is 10.1. The molecular weight excluding hydrogens is 486 g/mol. The largest absolute Gasteiger partial charge is 0.462 e. The van der Waals surface area contributed by atoms with Crippen molar-refractivity contribution < 1.29 is 23.9 Å². The number of carbonyl (C=O) groups excluding carboxylic acids is 4. The SMILES string of the molecule is CCCN1C(=O)/C(=C2/C(=O)N(CC(=O)Nc3ccc(C(=O)OCC)cc3)c3ccccc32)SC1=S. The Labute approximate surface area is 212 Å². The van der Waals surface area contributed by atoms with E-state index in [1.165, 1.54) is 9.80 Å². The van der Waals surface area contributed by atoms with Gasteiger partial charge >= 0.3 is 5.97 Å². The molecule has 8 nitrogen and oxygen atoms in total. The van der Waals surface area contributed by atoms with E-state index in [1.807, 2.05) is 6.92 Å². The van der Waals surface area contributed by atoms with Gasteiger partial charge in [-0.05, 0) is 43.7 Å². The van der Waals surface area contributed by atoms with Crippen molar-refractivity contribution in [3.63, 3.8) is 0 Å². The number of nitrogens with one attached hydrogen (secondary N) is 1. The van der Waals surface area contributed by atoms with E-state index in [-0.39, 0.29) is 24.6 Å². The summed E-state index contributed by atoms with van der Waals surface area (Å²) in [7, 11) is 0. The Bertz CT molecular complexity index is 1260. The highest BCUT2D eigenvalue weighted by Crippen LogP contribution is 2.44. The average molecular weight is 510 g/mol. The number of thiocarbonyl (C=S) groups is 1. The molecule has 0 spiro atoms. The summed E-state index contributed by atoms with van der Waals surface area (Å²) in [6, 6.07) is 13.4. The smallest absolute Gasteiger partial charge is 0.338 e. The van der Waals surface area contributed by atoms with Crippen molar-refractivity contribution >= 4 is 68.9 Å². The topological polar surface area (TPSA) is 96.0 Å². The van der Waals surface area contributed by atoms with Crippen molar-refractivity contribution in [1.82, 2.24) is 4.90 Å². The van der Waals surface area contributed by atoms with Gasteiger partial charge < -0.3 is 10.1 Å². The van der Waals surface area contributed by atoms with Crippen molar-refractivity contribution in [1.29, 1.82) is 0 Å². The minimum atomic E-state index is -0.443. The first-order chi connectivity index (χ1) is 16.8. The van der Waals surface area contributed by atoms with Crippen LogP contribution >= 0.6 is 24.0 Å². The molecule has 0 bridgehead atoms. The fourth-order valence-electron chi connectivity index (χ4n) is 3.87. The normalized spacial score (nSPS) is 17.1. The van der Waals surface area contributed by atoms with Gasteiger partial charge in [0.1, 0.15) is 10.9 Å². The summed E-state index contributed by atoms with van der Waals surface area (Å²) in [5.41, 5.74) is 2.27. The second kappa shape index (κ2) is 10.4. The summed E-state index contributed by atoms with van der Waals surface area (Å²) in [4.78, 5) is 54.2. The minimum Gasteiger partial charge on any atom is -0.462 e. The minimum absolute atomic E-state index is 0.242. The molecule has 35 heavy (non-hydrogen) atoms. The quantitative estimate of drug-likeness (QED) is 0.344. The van der Waals surface area contributed by atoms with Crippen LogP contribution in [-0.4, -0.2) is 52.6 Å². The molecule has 0 aromatic heterocycles. The van der Waals surface area contributed by atoms with Crippen molar-refractivity contribution in [2.75, 3.05) is 29.9 Å². The van der Waals surface area contributed by atoms with E-state index in [2.05, 4.69) is 5.32 Å². The van der Waals surface area contributed by atoms with E-state index >= 15 is 0 Å². The monoisotopic (exact) mass is 509 g/mol. The standard InChI is InChI=1S/C25H23N3O5S2/c1-3-13-27-23(31)21(35-25(27)34)20-17-7-5-6-8-18(17)28(22(20)30)14-19(29)26-16-11-9-15(10-12-16)24(32)33-4-2/h5-12H,3-4,13-14H2,1-2H3,(H,26,29)/b21-20-. The Kier molecular flexibility index (Phi) is 7.32. The number of nitrogens with zero attached hydrogens (tertiary/aromatic N) is 2. The Hall–Kier alpha value is -3.50. The van der Waals surface area contributed by atoms with Gasteiger partial charge in [0, 0.05) is 17.8 Å². The number of amides is 3. The highest BCUT2D eigenvalue weighted by Gasteiger charge is 2.42. The number of benzene rings is 2. The number of para-hydroxylation sites is 1. The maximum atomic E-state index is 13.4. The highest BCUT2D eigenvalue weighted by molar-refractivity contribution is 8.26. The first-order valence-corrected chi connectivity index (χ1v) is 12.3. The Morgan fingerprint density at radius 3 is 2.40 bits per heavy atom. The summed E-state index contributed by atoms with van der Waals surface area (Å²) in [5.74, 6) is -1.57. The van der Waals surface area contributed by atoms with Crippen molar-refractivity contribution in [3.8, 4) is 0 Å². The molecule has 0 saturated carbocycles. The lowest BCUT2D eigenvalue weighted by Gasteiger charge is -2.17. The van der Waals surface area contributed by atoms with Crippen molar-refractivity contribution in [2.24, 2.45) is 0 Å². The molecule has 1 saturated heterocycles. The molecule has 2 aliphatic heterocycles. The van der Waals surface area contributed by atoms with Crippen LogP contribution in [0.25, 0.3) is 5.57 Å². The fourth-order valence-corrected chi connectivity index (χ4v) is 5.25. The van der Waals surface area contributed by atoms with Crippen LogP contribution in [0.15, 0.2) is 53.4 Å². The van der Waals surface area contributed by atoms with Crippen LogP contribution in [0.4, 0.5) is 11.4 Å². The predicted molar refractivity (Wildman–Crippen MR) is 139 cm³/mol. The third-order valence-corrected chi connectivity index (χ3v) is 6.88. The van der Waals surface area contributed by atoms with Gasteiger partial charge in [-0.15, -0.1) is 0 Å². The average Bonchev–Trinajstić information content (AvgIpc) is 3.27. The first kappa shape index (κ1) is 24.6. The first-order valence-electron chi connectivity index (χ1n) is 11.1. The zero-order chi connectivity index (χ0) is 25.1. The van der Waals surface area contributed by atoms with Gasteiger partial charge in [-0.3, -0.25) is 24.2 Å². The molecule has 1 N–H and O–H groups in total. The van der Waals surface area contributed by atoms with Crippen LogP contribution in [0.5, 0.6) is 0 Å². The van der Waals surface area contributed by atoms with Gasteiger partial charge in [-0.1, -0.05) is 49.1 Å². The number of esters is 1. The van der Waals surface area contributed by atoms with Crippen LogP contribution in [0, 0.1) is 0 Å². The number of rotatable bonds is 7. The van der Waals surface area contributed by atoms with E-state index in [0.717, 1.165) is 18.2 Å². The second-order valence-electron chi connectivity index (χ2n) is 7.78. The van der Waals surface area contributed by atoms with Gasteiger partial charge in [0.15, 0.2) is 0 Å². The predicted octanol–water partition coefficient (Wildman–Crippen LogP) is 3.83. The molecule has 10 heteroatoms. The zero-order valence-corrected chi connectivity index (χ0v) is 20.8. The van der Waals surface area contributed by atoms with E-state index in [1.54, 1.807) is 55.5 Å². The zero-order valence-electron chi connectivity index (χ0n) is 19.2. The maximum Gasteiger partial charge on any atom is 0.338 e. The summed E-state index contributed by atoms with van der Waals surface area (Å²) in [6.45, 7) is 4.19. The molecule has 3 amide bonds. The molecule has 4 rings (SSSR count). The summed E-state index contributed by atoms with van der Waals surface area (Å²) in [5, 5.41) is 2.74. The van der Waals surface area contributed by atoms with Crippen LogP contribution in [0.3, 0.4) is 0 Å². The van der Waals surface area contributed by atoms with Gasteiger partial charge in [-0.2, -0.15) is 0 Å². The number of carbonyl (C=O) groups is 4. The highest BCUT2D eigenvalue weighted by atomic mass is 32.2. The Balaban J connectivity index is 1.55. The van der Waals surface area contributed by atoms with Gasteiger partial charge in [0.25, 0.3) is 11.8 Å². The number of ether oxygens (including phenoxy) is 1. The van der Waals surface area contributed by atoms with Crippen molar-refractivity contribution in [2.45, 2.75) is 20.3 Å². The molecular formula is C25H23N3O5S2. The molecule has 2 aromatic rings. The maximum absolute atomic E-state index is 13.4. The number of hydrogen-bond acceptors (Lipinski definition) is 7. The van der Waals surface area contributed by atoms with Gasteiger partial charge in [0.2, 0.25) is 5.91 Å². The van der Waals surface area contributed by atoms with Crippen LogP contribution in [0.2, 0.25) is 0 Å². The third kappa shape index (κ3) is 4.85. The molecule has 0 aliphatic carbocycles. The van der Waals surface area contributed by atoms with Gasteiger partial charge in [0.05, 0.1) is 28.3 Å². The summed E-state index contributed by atoms with van der Waals surface area (Å²) < 4.78 is 5.38. The number of hydrogen-bond donors (Lipinski definition) is 1. The molecule has 2 aromatic carbocycles. The molecule has 0 atom stereocenters. The Morgan fingerprint density at radius 2 is 1.71 bits per heavy atom. The van der Waals surface area contributed by atoms with Crippen LogP contribution in [-0.2, 0) is 19.1 Å². The van der Waals surface area contributed by atoms with Crippen molar-refractivity contribution in [3.05, 3.63) is 64.6 Å². The molecule has 1 fully saturated rings. The molecule has 180 valence electrons. The fraction of sp³-hybridized carbons (Fsp3) is 0.240. The van der Waals surface area contributed by atoms with Gasteiger partial charge in [-0.25, -0.2) is 4.79 Å². The third-order valence-electron chi connectivity index (χ3n) is 5.43. The van der Waals surface area contributed by atoms with E-state index in [4.69, 9.17) is 17.0 Å². The van der Waals surface area contributed by atoms with Crippen LogP contribution < -0.4 is 10.2 Å². The Morgan fingerprint density at radius 1 is 1.00 bits per heavy atom. The van der Waals surface area contributed by atoms with E-state index in [0.29, 0.717) is 38.3 Å². The molecule has 0 unspecified atom stereocenters. The molecule has 0 radical (unpaired) electrons. The molecule has 2 aliphatic rings. The van der Waals surface area contributed by atoms with E-state index < -0.39 is 17.8 Å². The summed E-state index contributed by atoms with van der Waals surface area (Å²) in [6.07, 6.45) is 0.743. The molecule has 2 heterocycles. The number of anilines is 2. The number of thioether (sulfide) groups is 1. The van der Waals surface area contributed by atoms with E-state index in [9.17, 15) is 19.2 Å². The lowest BCUT2D eigenvalue weighted by molar-refractivity contribution is -0.122. The van der Waals surface area contributed by atoms with Crippen LogP contribution in [0.1, 0.15) is 36.2 Å². The summed E-state index contributed by atoms with van der Waals surface area (Å²) >= 11 is 6.48. The lowest BCUT2D eigenvalue weighted by Crippen LogP contribution is -2.35.